The standard InChI is InChI=1S/C12H14N2O4/c1-3-4-9(12(15)16)13-10-7-8(2)5-6-11(10)14(17)18/h3,5-7,9,13H,1,4H2,2H3,(H,15,16). The van der Waals surface area contributed by atoms with Crippen LogP contribution in [0.2, 0.25) is 0 Å². The number of hydrogen-bond donors (Lipinski definition) is 2. The number of rotatable bonds is 6. The maximum atomic E-state index is 11.0. The summed E-state index contributed by atoms with van der Waals surface area (Å²) in [6.07, 6.45) is 1.63. The van der Waals surface area contributed by atoms with Crippen molar-refractivity contribution in [3.63, 3.8) is 0 Å². The van der Waals surface area contributed by atoms with Crippen LogP contribution in [0.25, 0.3) is 0 Å². The zero-order valence-electron chi connectivity index (χ0n) is 9.92. The first kappa shape index (κ1) is 13.7. The topological polar surface area (TPSA) is 92.5 Å². The molecule has 1 rings (SSSR count). The number of anilines is 1. The Balaban J connectivity index is 3.07. The van der Waals surface area contributed by atoms with E-state index in [1.165, 1.54) is 12.1 Å². The predicted octanol–water partition coefficient (Wildman–Crippen LogP) is 2.34. The summed E-state index contributed by atoms with van der Waals surface area (Å²) < 4.78 is 0. The second-order valence-electron chi connectivity index (χ2n) is 3.84. The third-order valence-corrected chi connectivity index (χ3v) is 2.38. The number of benzene rings is 1. The van der Waals surface area contributed by atoms with Gasteiger partial charge in [0.15, 0.2) is 0 Å². The number of nitro benzene ring substituents is 1. The molecule has 6 nitrogen and oxygen atoms in total. The summed E-state index contributed by atoms with van der Waals surface area (Å²) in [5.74, 6) is -1.08. The molecule has 6 heteroatoms. The lowest BCUT2D eigenvalue weighted by Crippen LogP contribution is -2.28. The van der Waals surface area contributed by atoms with Crippen LogP contribution in [0.3, 0.4) is 0 Å². The molecule has 96 valence electrons. The number of carboxylic acid groups (broad SMARTS) is 1. The Bertz CT molecular complexity index is 485. The number of aliphatic carboxylic acids is 1. The van der Waals surface area contributed by atoms with Crippen molar-refractivity contribution in [2.45, 2.75) is 19.4 Å². The van der Waals surface area contributed by atoms with E-state index < -0.39 is 16.9 Å². The van der Waals surface area contributed by atoms with E-state index in [9.17, 15) is 14.9 Å². The molecule has 18 heavy (non-hydrogen) atoms. The third-order valence-electron chi connectivity index (χ3n) is 2.38. The lowest BCUT2D eigenvalue weighted by molar-refractivity contribution is -0.384. The van der Waals surface area contributed by atoms with E-state index in [0.29, 0.717) is 0 Å². The highest BCUT2D eigenvalue weighted by Crippen LogP contribution is 2.26. The summed E-state index contributed by atoms with van der Waals surface area (Å²) >= 11 is 0. The van der Waals surface area contributed by atoms with Crippen LogP contribution >= 0.6 is 0 Å². The summed E-state index contributed by atoms with van der Waals surface area (Å²) in [7, 11) is 0. The van der Waals surface area contributed by atoms with Gasteiger partial charge in [0, 0.05) is 6.07 Å². The fourth-order valence-corrected chi connectivity index (χ4v) is 1.50. The van der Waals surface area contributed by atoms with Crippen LogP contribution in [0.15, 0.2) is 30.9 Å². The Morgan fingerprint density at radius 3 is 2.83 bits per heavy atom. The molecule has 2 N–H and O–H groups in total. The third kappa shape index (κ3) is 3.31. The number of hydrogen-bond acceptors (Lipinski definition) is 4. The average molecular weight is 250 g/mol. The average Bonchev–Trinajstić information content (AvgIpc) is 2.28. The maximum absolute atomic E-state index is 11.0. The molecule has 0 bridgehead atoms. The highest BCUT2D eigenvalue weighted by molar-refractivity contribution is 5.79. The molecule has 0 saturated carbocycles. The Morgan fingerprint density at radius 1 is 1.67 bits per heavy atom. The van der Waals surface area contributed by atoms with Crippen molar-refractivity contribution in [2.24, 2.45) is 0 Å². The quantitative estimate of drug-likeness (QED) is 0.459. The molecule has 0 radical (unpaired) electrons. The van der Waals surface area contributed by atoms with Gasteiger partial charge >= 0.3 is 5.97 Å². The lowest BCUT2D eigenvalue weighted by Gasteiger charge is -2.14. The van der Waals surface area contributed by atoms with Gasteiger partial charge in [-0.05, 0) is 25.0 Å². The molecule has 0 aliphatic carbocycles. The number of nitrogens with one attached hydrogen (secondary N) is 1. The first-order chi connectivity index (χ1) is 8.45. The molecule has 1 unspecified atom stereocenters. The van der Waals surface area contributed by atoms with E-state index in [1.54, 1.807) is 19.1 Å². The highest BCUT2D eigenvalue weighted by atomic mass is 16.6. The minimum Gasteiger partial charge on any atom is -0.480 e. The van der Waals surface area contributed by atoms with Crippen molar-refractivity contribution < 1.29 is 14.8 Å². The second-order valence-corrected chi connectivity index (χ2v) is 3.84. The first-order valence-electron chi connectivity index (χ1n) is 5.31. The summed E-state index contributed by atoms with van der Waals surface area (Å²) in [5.41, 5.74) is 0.871. The fraction of sp³-hybridized carbons (Fsp3) is 0.250. The Labute approximate surface area is 104 Å². The van der Waals surface area contributed by atoms with Gasteiger partial charge in [-0.25, -0.2) is 4.79 Å². The van der Waals surface area contributed by atoms with Crippen molar-refractivity contribution >= 4 is 17.3 Å². The van der Waals surface area contributed by atoms with Gasteiger partial charge < -0.3 is 10.4 Å². The molecule has 0 aromatic heterocycles. The van der Waals surface area contributed by atoms with E-state index in [1.807, 2.05) is 0 Å². The Kier molecular flexibility index (Phi) is 4.42. The van der Waals surface area contributed by atoms with Crippen LogP contribution < -0.4 is 5.32 Å². The molecule has 0 heterocycles. The lowest BCUT2D eigenvalue weighted by atomic mass is 10.1. The van der Waals surface area contributed by atoms with Crippen LogP contribution in [-0.2, 0) is 4.79 Å². The van der Waals surface area contributed by atoms with Crippen LogP contribution in [0.1, 0.15) is 12.0 Å². The predicted molar refractivity (Wildman–Crippen MR) is 67.7 cm³/mol. The molecular formula is C12H14N2O4. The van der Waals surface area contributed by atoms with Gasteiger partial charge in [-0.1, -0.05) is 12.1 Å². The Hall–Kier alpha value is -2.37. The highest BCUT2D eigenvalue weighted by Gasteiger charge is 2.20. The number of carboxylic acids is 1. The largest absolute Gasteiger partial charge is 0.480 e. The van der Waals surface area contributed by atoms with Crippen molar-refractivity contribution in [1.29, 1.82) is 0 Å². The van der Waals surface area contributed by atoms with Gasteiger partial charge in [0.05, 0.1) is 4.92 Å². The van der Waals surface area contributed by atoms with E-state index in [-0.39, 0.29) is 17.8 Å². The number of nitro groups is 1. The fourth-order valence-electron chi connectivity index (χ4n) is 1.50. The molecular weight excluding hydrogens is 236 g/mol. The molecule has 1 aromatic rings. The van der Waals surface area contributed by atoms with Crippen LogP contribution in [0, 0.1) is 17.0 Å². The summed E-state index contributed by atoms with van der Waals surface area (Å²) in [5, 5.41) is 22.5. The van der Waals surface area contributed by atoms with Crippen molar-refractivity contribution in [3.8, 4) is 0 Å². The zero-order valence-corrected chi connectivity index (χ0v) is 9.92. The van der Waals surface area contributed by atoms with Gasteiger partial charge in [0.25, 0.3) is 5.69 Å². The van der Waals surface area contributed by atoms with Gasteiger partial charge in [-0.3, -0.25) is 10.1 Å². The Morgan fingerprint density at radius 2 is 2.33 bits per heavy atom. The maximum Gasteiger partial charge on any atom is 0.326 e. The van der Waals surface area contributed by atoms with Crippen molar-refractivity contribution in [2.75, 3.05) is 5.32 Å². The molecule has 0 fully saturated rings. The van der Waals surface area contributed by atoms with Crippen LogP contribution in [0.5, 0.6) is 0 Å². The molecule has 0 aliphatic heterocycles. The van der Waals surface area contributed by atoms with Crippen LogP contribution in [0.4, 0.5) is 11.4 Å². The normalized spacial score (nSPS) is 11.6. The number of carbonyl (C=O) groups is 1. The molecule has 0 spiro atoms. The van der Waals surface area contributed by atoms with E-state index in [2.05, 4.69) is 11.9 Å². The molecule has 0 amide bonds. The summed E-state index contributed by atoms with van der Waals surface area (Å²) in [6, 6.07) is 3.58. The van der Waals surface area contributed by atoms with Crippen molar-refractivity contribution in [3.05, 3.63) is 46.5 Å². The minimum atomic E-state index is -1.08. The van der Waals surface area contributed by atoms with Gasteiger partial charge in [0.2, 0.25) is 0 Å². The summed E-state index contributed by atoms with van der Waals surface area (Å²) in [6.45, 7) is 5.24. The summed E-state index contributed by atoms with van der Waals surface area (Å²) in [4.78, 5) is 21.3. The molecule has 0 aliphatic rings. The minimum absolute atomic E-state index is 0.143. The number of aryl methyl sites for hydroxylation is 1. The molecule has 1 aromatic carbocycles. The van der Waals surface area contributed by atoms with Crippen molar-refractivity contribution in [1.82, 2.24) is 0 Å². The zero-order chi connectivity index (χ0) is 13.7. The second kappa shape index (κ2) is 5.81. The van der Waals surface area contributed by atoms with Crippen LogP contribution in [-0.4, -0.2) is 22.0 Å². The first-order valence-corrected chi connectivity index (χ1v) is 5.31. The van der Waals surface area contributed by atoms with Gasteiger partial charge in [0.1, 0.15) is 11.7 Å². The van der Waals surface area contributed by atoms with E-state index in [0.717, 1.165) is 5.56 Å². The molecule has 0 saturated heterocycles. The van der Waals surface area contributed by atoms with E-state index in [4.69, 9.17) is 5.11 Å². The van der Waals surface area contributed by atoms with Gasteiger partial charge in [-0.15, -0.1) is 6.58 Å². The monoisotopic (exact) mass is 250 g/mol. The number of nitrogens with zero attached hydrogens (tertiary/aromatic N) is 1. The molecule has 1 atom stereocenters. The van der Waals surface area contributed by atoms with E-state index >= 15 is 0 Å². The SMILES string of the molecule is C=CCC(Nc1cc(C)ccc1[N+](=O)[O-])C(=O)O. The smallest absolute Gasteiger partial charge is 0.326 e. The van der Waals surface area contributed by atoms with Gasteiger partial charge in [-0.2, -0.15) is 0 Å².